The summed E-state index contributed by atoms with van der Waals surface area (Å²) in [6.45, 7) is 2.10. The summed E-state index contributed by atoms with van der Waals surface area (Å²) in [7, 11) is 1.45. The molecule has 0 aromatic heterocycles. The second-order valence-electron chi connectivity index (χ2n) is 2.87. The first kappa shape index (κ1) is 14.3. The average molecular weight is 244 g/mol. The Hall–Kier alpha value is 0.270. The molecule has 1 atom stereocenters. The first-order chi connectivity index (χ1) is 6.58. The Morgan fingerprint density at radius 2 is 1.93 bits per heavy atom. The fourth-order valence-corrected chi connectivity index (χ4v) is 1.98. The summed E-state index contributed by atoms with van der Waals surface area (Å²) in [6, 6.07) is 0. The second-order valence-corrected chi connectivity index (χ2v) is 4.62. The first-order valence-electron chi connectivity index (χ1n) is 4.32. The van der Waals surface area contributed by atoms with E-state index >= 15 is 0 Å². The van der Waals surface area contributed by atoms with Crippen molar-refractivity contribution in [2.24, 2.45) is 0 Å². The molecule has 0 N–H and O–H groups in total. The molecule has 0 saturated carbocycles. The maximum atomic E-state index is 11.2. The Morgan fingerprint density at radius 1 is 1.36 bits per heavy atom. The van der Waals surface area contributed by atoms with Gasteiger partial charge in [0.2, 0.25) is 0 Å². The number of methoxy groups -OCH3 is 2. The van der Waals surface area contributed by atoms with Crippen molar-refractivity contribution in [2.75, 3.05) is 32.9 Å². The topological polar surface area (TPSA) is 44.8 Å². The van der Waals surface area contributed by atoms with Crippen molar-refractivity contribution in [2.45, 2.75) is 19.1 Å². The van der Waals surface area contributed by atoms with Crippen LogP contribution in [-0.4, -0.2) is 38.7 Å². The smallest absolute Gasteiger partial charge is 0.353 e. The zero-order valence-corrected chi connectivity index (χ0v) is 10.4. The molecule has 14 heavy (non-hydrogen) atoms. The van der Waals surface area contributed by atoms with Crippen LogP contribution < -0.4 is 0 Å². The summed E-state index contributed by atoms with van der Waals surface area (Å²) in [4.78, 5) is 0. The van der Waals surface area contributed by atoms with E-state index in [0.717, 1.165) is 0 Å². The molecule has 0 amide bonds. The summed E-state index contributed by atoms with van der Waals surface area (Å²) >= 11 is 5.39. The largest absolute Gasteiger partial charge is 0.508 e. The van der Waals surface area contributed by atoms with Crippen LogP contribution in [0.1, 0.15) is 13.3 Å². The van der Waals surface area contributed by atoms with Crippen LogP contribution >= 0.6 is 19.6 Å². The zero-order valence-electron chi connectivity index (χ0n) is 8.79. The molecule has 0 aliphatic heterocycles. The molecule has 84 valence electrons. The third-order valence-corrected chi connectivity index (χ3v) is 3.14. The highest BCUT2D eigenvalue weighted by Gasteiger charge is 2.29. The lowest BCUT2D eigenvalue weighted by atomic mass is 10.2. The van der Waals surface area contributed by atoms with Crippen molar-refractivity contribution < 1.29 is 18.6 Å². The van der Waals surface area contributed by atoms with Crippen molar-refractivity contribution in [3.63, 3.8) is 0 Å². The lowest BCUT2D eigenvalue weighted by Crippen LogP contribution is -2.30. The number of hydrogen-bond acceptors (Lipinski definition) is 4. The third-order valence-electron chi connectivity index (χ3n) is 1.92. The number of ether oxygens (including phenoxy) is 2. The molecule has 0 heterocycles. The summed E-state index contributed by atoms with van der Waals surface area (Å²) in [5.41, 5.74) is 0. The number of halogens is 1. The van der Waals surface area contributed by atoms with Crippen molar-refractivity contribution in [1.82, 2.24) is 0 Å². The van der Waals surface area contributed by atoms with Gasteiger partial charge in [0.05, 0.1) is 5.88 Å². The standard InChI is InChI=1S/C8H17ClO4P/c1-8(11-2,12-3)4-7-14(10)13-6-5-9/h4-7H2,1-3H3/q+1. The molecule has 4 nitrogen and oxygen atoms in total. The highest BCUT2D eigenvalue weighted by Crippen LogP contribution is 2.27. The maximum Gasteiger partial charge on any atom is 0.508 e. The van der Waals surface area contributed by atoms with Gasteiger partial charge in [0, 0.05) is 20.6 Å². The van der Waals surface area contributed by atoms with Gasteiger partial charge >= 0.3 is 8.03 Å². The Morgan fingerprint density at radius 3 is 2.36 bits per heavy atom. The van der Waals surface area contributed by atoms with Crippen molar-refractivity contribution in [3.05, 3.63) is 0 Å². The van der Waals surface area contributed by atoms with Crippen LogP contribution in [0, 0.1) is 0 Å². The highest BCUT2D eigenvalue weighted by atomic mass is 35.5. The van der Waals surface area contributed by atoms with Crippen molar-refractivity contribution in [3.8, 4) is 0 Å². The van der Waals surface area contributed by atoms with Crippen molar-refractivity contribution in [1.29, 1.82) is 0 Å². The van der Waals surface area contributed by atoms with Crippen LogP contribution in [0.2, 0.25) is 0 Å². The lowest BCUT2D eigenvalue weighted by Gasteiger charge is -2.24. The van der Waals surface area contributed by atoms with Gasteiger partial charge in [-0.3, -0.25) is 0 Å². The van der Waals surface area contributed by atoms with E-state index in [9.17, 15) is 4.57 Å². The molecule has 0 bridgehead atoms. The molecule has 0 fully saturated rings. The average Bonchev–Trinajstić information content (AvgIpc) is 2.23. The normalized spacial score (nSPS) is 13.0. The minimum absolute atomic E-state index is 0.313. The van der Waals surface area contributed by atoms with Gasteiger partial charge in [0.1, 0.15) is 6.61 Å². The van der Waals surface area contributed by atoms with Gasteiger partial charge in [-0.2, -0.15) is 0 Å². The molecule has 0 rings (SSSR count). The van der Waals surface area contributed by atoms with Gasteiger partial charge in [-0.1, -0.05) is 0 Å². The van der Waals surface area contributed by atoms with E-state index in [1.807, 2.05) is 0 Å². The molecule has 6 heteroatoms. The molecule has 0 spiro atoms. The van der Waals surface area contributed by atoms with Gasteiger partial charge in [-0.25, -0.2) is 0 Å². The van der Waals surface area contributed by atoms with Gasteiger partial charge in [0.25, 0.3) is 0 Å². The molecule has 0 aliphatic carbocycles. The Kier molecular flexibility index (Phi) is 7.69. The molecule has 0 aromatic carbocycles. The van der Waals surface area contributed by atoms with Crippen LogP contribution in [0.15, 0.2) is 0 Å². The van der Waals surface area contributed by atoms with Gasteiger partial charge < -0.3 is 9.47 Å². The fourth-order valence-electron chi connectivity index (χ4n) is 0.783. The van der Waals surface area contributed by atoms with Crippen LogP contribution in [-0.2, 0) is 18.6 Å². The SMILES string of the molecule is COC(C)(CC[P+](=O)OCCCl)OC. The fraction of sp³-hybridized carbons (Fsp3) is 1.00. The quantitative estimate of drug-likeness (QED) is 0.373. The number of alkyl halides is 1. The predicted octanol–water partition coefficient (Wildman–Crippen LogP) is 2.38. The molecule has 0 radical (unpaired) electrons. The zero-order chi connectivity index (χ0) is 11.0. The van der Waals surface area contributed by atoms with Crippen molar-refractivity contribution >= 4 is 19.6 Å². The third kappa shape index (κ3) is 5.89. The van der Waals surface area contributed by atoms with Crippen LogP contribution in [0.3, 0.4) is 0 Å². The maximum absolute atomic E-state index is 11.2. The van der Waals surface area contributed by atoms with E-state index < -0.39 is 13.8 Å². The minimum Gasteiger partial charge on any atom is -0.353 e. The summed E-state index contributed by atoms with van der Waals surface area (Å²) < 4.78 is 26.4. The van der Waals surface area contributed by atoms with Gasteiger partial charge in [-0.05, 0) is 11.5 Å². The Balaban J connectivity index is 3.74. The van der Waals surface area contributed by atoms with E-state index in [1.165, 1.54) is 0 Å². The van der Waals surface area contributed by atoms with E-state index in [2.05, 4.69) is 0 Å². The Bertz CT molecular complexity index is 173. The van der Waals surface area contributed by atoms with E-state index in [0.29, 0.717) is 25.1 Å². The molecular weight excluding hydrogens is 227 g/mol. The first-order valence-corrected chi connectivity index (χ1v) is 6.21. The molecular formula is C8H17ClO4P+. The number of hydrogen-bond donors (Lipinski definition) is 0. The summed E-state index contributed by atoms with van der Waals surface area (Å²) in [6.07, 6.45) is 0.932. The van der Waals surface area contributed by atoms with Crippen LogP contribution in [0.25, 0.3) is 0 Å². The minimum atomic E-state index is -1.66. The van der Waals surface area contributed by atoms with E-state index in [-0.39, 0.29) is 0 Å². The Labute approximate surface area is 90.7 Å². The predicted molar refractivity (Wildman–Crippen MR) is 56.2 cm³/mol. The van der Waals surface area contributed by atoms with Gasteiger partial charge in [-0.15, -0.1) is 16.1 Å². The highest BCUT2D eigenvalue weighted by molar-refractivity contribution is 7.39. The molecule has 0 aliphatic rings. The lowest BCUT2D eigenvalue weighted by molar-refractivity contribution is -0.193. The molecule has 1 unspecified atom stereocenters. The second kappa shape index (κ2) is 7.55. The molecule has 0 saturated heterocycles. The summed E-state index contributed by atoms with van der Waals surface area (Å²) in [5.74, 6) is -0.331. The molecule has 0 aromatic rings. The van der Waals surface area contributed by atoms with Gasteiger partial charge in [0.15, 0.2) is 11.9 Å². The monoisotopic (exact) mass is 243 g/mol. The summed E-state index contributed by atoms with van der Waals surface area (Å²) in [5, 5.41) is 0. The van der Waals surface area contributed by atoms with E-state index in [1.54, 1.807) is 21.1 Å². The van der Waals surface area contributed by atoms with Crippen LogP contribution in [0.5, 0.6) is 0 Å². The van der Waals surface area contributed by atoms with E-state index in [4.69, 9.17) is 25.6 Å². The van der Waals surface area contributed by atoms with Crippen LogP contribution in [0.4, 0.5) is 0 Å². The number of rotatable bonds is 8.